The van der Waals surface area contributed by atoms with Crippen LogP contribution in [0, 0.1) is 0 Å². The van der Waals surface area contributed by atoms with Crippen LogP contribution in [0.4, 0.5) is 0 Å². The summed E-state index contributed by atoms with van der Waals surface area (Å²) in [6.45, 7) is 2.25. The molecule has 0 atom stereocenters. The molecule has 0 saturated heterocycles. The van der Waals surface area contributed by atoms with Gasteiger partial charge in [-0.2, -0.15) is 0 Å². The van der Waals surface area contributed by atoms with Crippen molar-refractivity contribution in [3.63, 3.8) is 0 Å². The number of hydrogen-bond donors (Lipinski definition) is 0. The van der Waals surface area contributed by atoms with Gasteiger partial charge in [0.2, 0.25) is 0 Å². The van der Waals surface area contributed by atoms with E-state index in [0.717, 1.165) is 16.7 Å². The maximum atomic E-state index is 12.3. The molecule has 0 saturated carbocycles. The normalized spacial score (nSPS) is 10.6. The third kappa shape index (κ3) is 5.53. The van der Waals surface area contributed by atoms with Crippen molar-refractivity contribution in [2.45, 2.75) is 20.0 Å². The molecule has 174 valence electrons. The van der Waals surface area contributed by atoms with E-state index >= 15 is 0 Å². The fourth-order valence-electron chi connectivity index (χ4n) is 3.27. The fourth-order valence-corrected chi connectivity index (χ4v) is 3.27. The number of fused-ring (bicyclic) bond motifs is 1. The van der Waals surface area contributed by atoms with Gasteiger partial charge in [-0.15, -0.1) is 0 Å². The van der Waals surface area contributed by atoms with Gasteiger partial charge in [-0.1, -0.05) is 17.3 Å². The van der Waals surface area contributed by atoms with Crippen LogP contribution in [0.5, 0.6) is 17.2 Å². The molecule has 0 spiro atoms. The van der Waals surface area contributed by atoms with Crippen LogP contribution in [0.25, 0.3) is 11.0 Å². The minimum Gasteiger partial charge on any atom is -0.497 e. The lowest BCUT2D eigenvalue weighted by molar-refractivity contribution is -0.133. The second kappa shape index (κ2) is 10.5. The van der Waals surface area contributed by atoms with E-state index in [1.807, 2.05) is 12.1 Å². The standard InChI is InChI=1S/C26H23NO7/c1-3-31-26(29)18-6-10-20(11-7-18)32-16-23-22-13-12-21(15-24(22)34-27-23)33-25(28)14-17-4-8-19(30-2)9-5-17/h4-13,15H,3,14,16H2,1-2H3. The quantitative estimate of drug-likeness (QED) is 0.260. The summed E-state index contributed by atoms with van der Waals surface area (Å²) in [5.41, 5.74) is 2.35. The molecule has 34 heavy (non-hydrogen) atoms. The average Bonchev–Trinajstić information content (AvgIpc) is 3.26. The third-order valence-corrected chi connectivity index (χ3v) is 5.00. The van der Waals surface area contributed by atoms with Crippen LogP contribution >= 0.6 is 0 Å². The van der Waals surface area contributed by atoms with Crippen molar-refractivity contribution in [2.75, 3.05) is 13.7 Å². The minimum atomic E-state index is -0.390. The second-order valence-corrected chi connectivity index (χ2v) is 7.32. The summed E-state index contributed by atoms with van der Waals surface area (Å²) in [4.78, 5) is 24.0. The van der Waals surface area contributed by atoms with Crippen LogP contribution in [0.1, 0.15) is 28.5 Å². The molecular formula is C26H23NO7. The summed E-state index contributed by atoms with van der Waals surface area (Å²) in [5, 5.41) is 4.81. The summed E-state index contributed by atoms with van der Waals surface area (Å²) in [6, 6.07) is 18.9. The number of nitrogens with zero attached hydrogens (tertiary/aromatic N) is 1. The number of carbonyl (C=O) groups is 2. The minimum absolute atomic E-state index is 0.131. The van der Waals surface area contributed by atoms with E-state index in [0.29, 0.717) is 34.9 Å². The molecule has 0 radical (unpaired) electrons. The molecule has 0 fully saturated rings. The van der Waals surface area contributed by atoms with E-state index in [9.17, 15) is 9.59 Å². The lowest BCUT2D eigenvalue weighted by atomic mass is 10.1. The highest BCUT2D eigenvalue weighted by molar-refractivity contribution is 5.89. The second-order valence-electron chi connectivity index (χ2n) is 7.32. The Morgan fingerprint density at radius 2 is 1.62 bits per heavy atom. The van der Waals surface area contributed by atoms with E-state index in [2.05, 4.69) is 5.16 Å². The van der Waals surface area contributed by atoms with Crippen molar-refractivity contribution >= 4 is 22.9 Å². The van der Waals surface area contributed by atoms with Gasteiger partial charge in [-0.25, -0.2) is 4.79 Å². The van der Waals surface area contributed by atoms with Crippen molar-refractivity contribution in [1.82, 2.24) is 5.16 Å². The van der Waals surface area contributed by atoms with Crippen molar-refractivity contribution in [1.29, 1.82) is 0 Å². The summed E-state index contributed by atoms with van der Waals surface area (Å²) in [5.74, 6) is 0.898. The monoisotopic (exact) mass is 461 g/mol. The molecule has 0 amide bonds. The van der Waals surface area contributed by atoms with Gasteiger partial charge in [0.15, 0.2) is 5.58 Å². The Bertz CT molecular complexity index is 1280. The number of carbonyl (C=O) groups excluding carboxylic acids is 2. The highest BCUT2D eigenvalue weighted by Crippen LogP contribution is 2.25. The molecule has 0 N–H and O–H groups in total. The zero-order valence-electron chi connectivity index (χ0n) is 18.8. The number of esters is 2. The highest BCUT2D eigenvalue weighted by atomic mass is 16.5. The van der Waals surface area contributed by atoms with Gasteiger partial charge >= 0.3 is 11.9 Å². The van der Waals surface area contributed by atoms with Gasteiger partial charge in [-0.05, 0) is 61.0 Å². The Morgan fingerprint density at radius 3 is 2.32 bits per heavy atom. The van der Waals surface area contributed by atoms with Crippen LogP contribution < -0.4 is 14.2 Å². The molecule has 4 rings (SSSR count). The molecule has 0 aliphatic heterocycles. The predicted molar refractivity (Wildman–Crippen MR) is 123 cm³/mol. The van der Waals surface area contributed by atoms with E-state index < -0.39 is 0 Å². The number of methoxy groups -OCH3 is 1. The summed E-state index contributed by atoms with van der Waals surface area (Å²) < 4.78 is 26.7. The highest BCUT2D eigenvalue weighted by Gasteiger charge is 2.13. The molecule has 4 aromatic rings. The first-order valence-electron chi connectivity index (χ1n) is 10.7. The van der Waals surface area contributed by atoms with Crippen LogP contribution in [0.15, 0.2) is 71.3 Å². The van der Waals surface area contributed by atoms with Crippen LogP contribution in [0.3, 0.4) is 0 Å². The molecule has 8 nitrogen and oxygen atoms in total. The van der Waals surface area contributed by atoms with Gasteiger partial charge in [0.1, 0.15) is 29.5 Å². The first-order valence-corrected chi connectivity index (χ1v) is 10.7. The number of aromatic nitrogens is 1. The van der Waals surface area contributed by atoms with E-state index in [1.165, 1.54) is 0 Å². The Morgan fingerprint density at radius 1 is 0.912 bits per heavy atom. The molecule has 0 unspecified atom stereocenters. The average molecular weight is 461 g/mol. The lowest BCUT2D eigenvalue weighted by Crippen LogP contribution is -2.11. The van der Waals surface area contributed by atoms with Gasteiger partial charge in [0.05, 0.1) is 25.7 Å². The molecular weight excluding hydrogens is 438 g/mol. The molecule has 8 heteroatoms. The van der Waals surface area contributed by atoms with Crippen molar-refractivity contribution in [2.24, 2.45) is 0 Å². The Labute approximate surface area is 196 Å². The zero-order chi connectivity index (χ0) is 23.9. The van der Waals surface area contributed by atoms with E-state index in [1.54, 1.807) is 68.6 Å². The molecule has 1 heterocycles. The van der Waals surface area contributed by atoms with E-state index in [4.69, 9.17) is 23.5 Å². The Balaban J connectivity index is 1.36. The number of rotatable bonds is 9. The molecule has 0 aliphatic carbocycles. The number of ether oxygens (including phenoxy) is 4. The first kappa shape index (κ1) is 22.8. The maximum Gasteiger partial charge on any atom is 0.338 e. The molecule has 0 aliphatic rings. The topological polar surface area (TPSA) is 97.1 Å². The summed E-state index contributed by atoms with van der Waals surface area (Å²) >= 11 is 0. The predicted octanol–water partition coefficient (Wildman–Crippen LogP) is 4.74. The van der Waals surface area contributed by atoms with Gasteiger partial charge in [-0.3, -0.25) is 4.79 Å². The SMILES string of the molecule is CCOC(=O)c1ccc(OCc2noc3cc(OC(=O)Cc4ccc(OC)cc4)ccc23)cc1. The zero-order valence-corrected chi connectivity index (χ0v) is 18.8. The molecule has 0 bridgehead atoms. The number of hydrogen-bond acceptors (Lipinski definition) is 8. The lowest BCUT2D eigenvalue weighted by Gasteiger charge is -2.06. The summed E-state index contributed by atoms with van der Waals surface area (Å²) in [6.07, 6.45) is 0.131. The number of benzene rings is 3. The van der Waals surface area contributed by atoms with Gasteiger partial charge in [0, 0.05) is 11.5 Å². The Kier molecular flexibility index (Phi) is 7.07. The van der Waals surface area contributed by atoms with Crippen molar-refractivity contribution < 1.29 is 33.1 Å². The van der Waals surface area contributed by atoms with Gasteiger partial charge in [0.25, 0.3) is 0 Å². The van der Waals surface area contributed by atoms with Crippen LogP contribution in [-0.2, 0) is 22.6 Å². The van der Waals surface area contributed by atoms with Crippen molar-refractivity contribution in [3.05, 3.63) is 83.6 Å². The maximum absolute atomic E-state index is 12.3. The molecule has 1 aromatic heterocycles. The molecule has 3 aromatic carbocycles. The fraction of sp³-hybridized carbons (Fsp3) is 0.192. The van der Waals surface area contributed by atoms with Crippen molar-refractivity contribution in [3.8, 4) is 17.2 Å². The van der Waals surface area contributed by atoms with E-state index in [-0.39, 0.29) is 25.0 Å². The Hall–Kier alpha value is -4.33. The van der Waals surface area contributed by atoms with Crippen LogP contribution in [0.2, 0.25) is 0 Å². The van der Waals surface area contributed by atoms with Gasteiger partial charge < -0.3 is 23.5 Å². The summed E-state index contributed by atoms with van der Waals surface area (Å²) in [7, 11) is 1.59. The third-order valence-electron chi connectivity index (χ3n) is 5.00. The van der Waals surface area contributed by atoms with Crippen LogP contribution in [-0.4, -0.2) is 30.8 Å². The smallest absolute Gasteiger partial charge is 0.338 e. The largest absolute Gasteiger partial charge is 0.497 e. The first-order chi connectivity index (χ1) is 16.6.